The number of nitrogens with two attached hydrogens (primary N) is 1. The van der Waals surface area contributed by atoms with Crippen molar-refractivity contribution in [2.45, 2.75) is 18.7 Å². The number of ether oxygens (including phenoxy) is 2. The molecule has 0 amide bonds. The minimum absolute atomic E-state index is 0.116. The Morgan fingerprint density at radius 3 is 2.58 bits per heavy atom. The Kier molecular flexibility index (Phi) is 5.46. The van der Waals surface area contributed by atoms with Crippen LogP contribution in [0.2, 0.25) is 0 Å². The molecule has 0 heterocycles. The van der Waals surface area contributed by atoms with Crippen molar-refractivity contribution in [1.82, 2.24) is 0 Å². The molecular weight excluding hydrogens is 270 g/mol. The summed E-state index contributed by atoms with van der Waals surface area (Å²) < 4.78 is 32.5. The number of sulfonamides is 1. The standard InChI is InChI=1S/C12H17NO5S/c1-3-17-6-7-18-12(14)11-8-10(19(13,15)16)5-4-9(11)2/h4-5,8H,3,6-7H2,1-2H3,(H2,13,15,16). The molecular formula is C12H17NO5S. The van der Waals surface area contributed by atoms with Crippen LogP contribution in [0.25, 0.3) is 0 Å². The Hall–Kier alpha value is -1.44. The van der Waals surface area contributed by atoms with E-state index in [-0.39, 0.29) is 17.1 Å². The first-order valence-corrected chi connectivity index (χ1v) is 7.29. The van der Waals surface area contributed by atoms with Crippen LogP contribution in [0.4, 0.5) is 0 Å². The number of carbonyl (C=O) groups excluding carboxylic acids is 1. The van der Waals surface area contributed by atoms with E-state index in [9.17, 15) is 13.2 Å². The van der Waals surface area contributed by atoms with Gasteiger partial charge in [0.2, 0.25) is 10.0 Å². The molecule has 0 aromatic heterocycles. The normalized spacial score (nSPS) is 11.3. The van der Waals surface area contributed by atoms with E-state index in [1.54, 1.807) is 6.92 Å². The van der Waals surface area contributed by atoms with E-state index < -0.39 is 16.0 Å². The maximum atomic E-state index is 11.8. The third-order valence-corrected chi connectivity index (χ3v) is 3.33. The van der Waals surface area contributed by atoms with Gasteiger partial charge >= 0.3 is 5.97 Å². The molecule has 0 fully saturated rings. The molecule has 0 unspecified atom stereocenters. The highest BCUT2D eigenvalue weighted by atomic mass is 32.2. The van der Waals surface area contributed by atoms with Crippen molar-refractivity contribution >= 4 is 16.0 Å². The molecule has 6 nitrogen and oxygen atoms in total. The smallest absolute Gasteiger partial charge is 0.338 e. The maximum absolute atomic E-state index is 11.8. The number of benzene rings is 1. The number of primary sulfonamides is 1. The summed E-state index contributed by atoms with van der Waals surface area (Å²) in [6, 6.07) is 4.08. The van der Waals surface area contributed by atoms with E-state index in [1.807, 2.05) is 6.92 Å². The van der Waals surface area contributed by atoms with E-state index in [4.69, 9.17) is 14.6 Å². The molecule has 0 saturated carbocycles. The van der Waals surface area contributed by atoms with Crippen LogP contribution < -0.4 is 5.14 Å². The van der Waals surface area contributed by atoms with E-state index in [0.717, 1.165) is 0 Å². The van der Waals surface area contributed by atoms with Gasteiger partial charge in [-0.3, -0.25) is 0 Å². The topological polar surface area (TPSA) is 95.7 Å². The minimum atomic E-state index is -3.84. The predicted octanol–water partition coefficient (Wildman–Crippen LogP) is 0.836. The fourth-order valence-electron chi connectivity index (χ4n) is 1.41. The van der Waals surface area contributed by atoms with Crippen molar-refractivity contribution in [2.24, 2.45) is 5.14 Å². The van der Waals surface area contributed by atoms with Gasteiger partial charge in [0, 0.05) is 6.61 Å². The zero-order valence-electron chi connectivity index (χ0n) is 10.9. The lowest BCUT2D eigenvalue weighted by Gasteiger charge is -2.08. The number of esters is 1. The molecule has 0 atom stereocenters. The van der Waals surface area contributed by atoms with Gasteiger partial charge in [0.25, 0.3) is 0 Å². The highest BCUT2D eigenvalue weighted by Gasteiger charge is 2.15. The zero-order valence-corrected chi connectivity index (χ0v) is 11.7. The van der Waals surface area contributed by atoms with E-state index >= 15 is 0 Å². The molecule has 0 aliphatic carbocycles. The Morgan fingerprint density at radius 2 is 2.00 bits per heavy atom. The lowest BCUT2D eigenvalue weighted by molar-refractivity contribution is 0.0334. The van der Waals surface area contributed by atoms with Gasteiger partial charge in [-0.05, 0) is 31.5 Å². The molecule has 0 aliphatic rings. The maximum Gasteiger partial charge on any atom is 0.338 e. The highest BCUT2D eigenvalue weighted by molar-refractivity contribution is 7.89. The molecule has 0 bridgehead atoms. The average Bonchev–Trinajstić information content (AvgIpc) is 2.33. The van der Waals surface area contributed by atoms with Crippen LogP contribution in [0.3, 0.4) is 0 Å². The molecule has 0 saturated heterocycles. The summed E-state index contributed by atoms with van der Waals surface area (Å²) in [6.07, 6.45) is 0. The Balaban J connectivity index is 2.84. The molecule has 1 aromatic carbocycles. The Bertz CT molecular complexity index is 553. The van der Waals surface area contributed by atoms with Crippen molar-refractivity contribution in [3.05, 3.63) is 29.3 Å². The minimum Gasteiger partial charge on any atom is -0.460 e. The molecule has 0 radical (unpaired) electrons. The number of hydrogen-bond acceptors (Lipinski definition) is 5. The van der Waals surface area contributed by atoms with Gasteiger partial charge in [0.15, 0.2) is 0 Å². The molecule has 7 heteroatoms. The number of carbonyl (C=O) groups is 1. The molecule has 1 rings (SSSR count). The van der Waals surface area contributed by atoms with Crippen LogP contribution in [0, 0.1) is 6.92 Å². The molecule has 19 heavy (non-hydrogen) atoms. The summed E-state index contributed by atoms with van der Waals surface area (Å²) in [4.78, 5) is 11.7. The molecule has 1 aromatic rings. The summed E-state index contributed by atoms with van der Waals surface area (Å²) >= 11 is 0. The highest BCUT2D eigenvalue weighted by Crippen LogP contribution is 2.15. The Labute approximate surface area is 112 Å². The second-order valence-electron chi connectivity index (χ2n) is 3.85. The van der Waals surface area contributed by atoms with Gasteiger partial charge in [-0.15, -0.1) is 0 Å². The van der Waals surface area contributed by atoms with Crippen molar-refractivity contribution in [1.29, 1.82) is 0 Å². The zero-order chi connectivity index (χ0) is 14.5. The SMILES string of the molecule is CCOCCOC(=O)c1cc(S(N)(=O)=O)ccc1C. The van der Waals surface area contributed by atoms with Crippen LogP contribution in [0.15, 0.2) is 23.1 Å². The summed E-state index contributed by atoms with van der Waals surface area (Å²) in [7, 11) is -3.84. The van der Waals surface area contributed by atoms with E-state index in [1.165, 1.54) is 18.2 Å². The van der Waals surface area contributed by atoms with Crippen LogP contribution in [-0.4, -0.2) is 34.2 Å². The third-order valence-electron chi connectivity index (χ3n) is 2.42. The van der Waals surface area contributed by atoms with Gasteiger partial charge in [-0.2, -0.15) is 0 Å². The van der Waals surface area contributed by atoms with Crippen LogP contribution >= 0.6 is 0 Å². The van der Waals surface area contributed by atoms with Crippen molar-refractivity contribution < 1.29 is 22.7 Å². The average molecular weight is 287 g/mol. The third kappa shape index (κ3) is 4.62. The fourth-order valence-corrected chi connectivity index (χ4v) is 1.95. The van der Waals surface area contributed by atoms with Crippen LogP contribution in [0.5, 0.6) is 0 Å². The first kappa shape index (κ1) is 15.6. The molecule has 106 valence electrons. The summed E-state index contributed by atoms with van der Waals surface area (Å²) in [5, 5.41) is 5.02. The van der Waals surface area contributed by atoms with Gasteiger partial charge in [0.05, 0.1) is 17.1 Å². The first-order chi connectivity index (χ1) is 8.86. The molecule has 0 aliphatic heterocycles. The predicted molar refractivity (Wildman–Crippen MR) is 69.3 cm³/mol. The van der Waals surface area contributed by atoms with Gasteiger partial charge in [0.1, 0.15) is 6.61 Å². The van der Waals surface area contributed by atoms with Gasteiger partial charge in [-0.25, -0.2) is 18.4 Å². The quantitative estimate of drug-likeness (QED) is 0.617. The monoisotopic (exact) mass is 287 g/mol. The summed E-state index contributed by atoms with van der Waals surface area (Å²) in [6.45, 7) is 4.48. The Morgan fingerprint density at radius 1 is 1.32 bits per heavy atom. The van der Waals surface area contributed by atoms with Gasteiger partial charge in [-0.1, -0.05) is 6.07 Å². The van der Waals surface area contributed by atoms with E-state index in [2.05, 4.69) is 0 Å². The van der Waals surface area contributed by atoms with Crippen molar-refractivity contribution in [2.75, 3.05) is 19.8 Å². The van der Waals surface area contributed by atoms with E-state index in [0.29, 0.717) is 18.8 Å². The summed E-state index contributed by atoms with van der Waals surface area (Å²) in [5.41, 5.74) is 0.803. The number of rotatable bonds is 6. The van der Waals surface area contributed by atoms with Crippen LogP contribution in [0.1, 0.15) is 22.8 Å². The number of hydrogen-bond donors (Lipinski definition) is 1. The second-order valence-corrected chi connectivity index (χ2v) is 5.42. The van der Waals surface area contributed by atoms with Gasteiger partial charge < -0.3 is 9.47 Å². The fraction of sp³-hybridized carbons (Fsp3) is 0.417. The molecule has 0 spiro atoms. The molecule has 2 N–H and O–H groups in total. The number of aryl methyl sites for hydroxylation is 1. The van der Waals surface area contributed by atoms with Crippen molar-refractivity contribution in [3.63, 3.8) is 0 Å². The second kappa shape index (κ2) is 6.65. The lowest BCUT2D eigenvalue weighted by atomic mass is 10.1. The van der Waals surface area contributed by atoms with Crippen LogP contribution in [-0.2, 0) is 19.5 Å². The lowest BCUT2D eigenvalue weighted by Crippen LogP contribution is -2.15. The van der Waals surface area contributed by atoms with Crippen molar-refractivity contribution in [3.8, 4) is 0 Å². The summed E-state index contributed by atoms with van der Waals surface area (Å²) in [5.74, 6) is -0.595. The first-order valence-electron chi connectivity index (χ1n) is 5.74. The largest absolute Gasteiger partial charge is 0.460 e.